The molecule has 5 rings (SSSR count). The molecule has 7 heteroatoms. The van der Waals surface area contributed by atoms with Crippen molar-refractivity contribution in [2.24, 2.45) is 5.92 Å². The van der Waals surface area contributed by atoms with Gasteiger partial charge in [0.1, 0.15) is 5.00 Å². The highest BCUT2D eigenvalue weighted by molar-refractivity contribution is 7.17. The molecule has 0 saturated carbocycles. The molecule has 1 unspecified atom stereocenters. The lowest BCUT2D eigenvalue weighted by Crippen LogP contribution is -2.17. The van der Waals surface area contributed by atoms with Crippen LogP contribution in [0.1, 0.15) is 57.0 Å². The number of thiophene rings is 1. The van der Waals surface area contributed by atoms with Gasteiger partial charge in [-0.2, -0.15) is 0 Å². The minimum absolute atomic E-state index is 0.277. The minimum Gasteiger partial charge on any atom is -0.462 e. The summed E-state index contributed by atoms with van der Waals surface area (Å²) in [5.74, 6) is -0.110. The highest BCUT2D eigenvalue weighted by atomic mass is 35.5. The first kappa shape index (κ1) is 24.5. The molecule has 0 fully saturated rings. The first-order valence-electron chi connectivity index (χ1n) is 12.1. The van der Waals surface area contributed by atoms with Crippen LogP contribution >= 0.6 is 22.9 Å². The maximum absolute atomic E-state index is 13.8. The predicted molar refractivity (Wildman–Crippen MR) is 146 cm³/mol. The fourth-order valence-electron chi connectivity index (χ4n) is 4.72. The number of hydrogen-bond acceptors (Lipinski definition) is 5. The smallest absolute Gasteiger partial charge is 0.341 e. The number of hydrogen-bond donors (Lipinski definition) is 1. The quantitative estimate of drug-likeness (QED) is 0.278. The van der Waals surface area contributed by atoms with Crippen LogP contribution in [0.5, 0.6) is 0 Å². The minimum atomic E-state index is -0.378. The van der Waals surface area contributed by atoms with Crippen LogP contribution in [0.2, 0.25) is 5.02 Å². The van der Waals surface area contributed by atoms with E-state index in [4.69, 9.17) is 21.3 Å². The van der Waals surface area contributed by atoms with Gasteiger partial charge in [0.2, 0.25) is 0 Å². The zero-order valence-electron chi connectivity index (χ0n) is 20.5. The monoisotopic (exact) mass is 518 g/mol. The SMILES string of the molecule is CCOC(=O)c1c(NC(=O)c2cc(-c3ccc(Cl)cc3)nc3ccc(C)cc23)sc2c1CCC(C)C2. The van der Waals surface area contributed by atoms with Gasteiger partial charge in [-0.3, -0.25) is 4.79 Å². The summed E-state index contributed by atoms with van der Waals surface area (Å²) in [6.07, 6.45) is 2.73. The van der Waals surface area contributed by atoms with Gasteiger partial charge in [0.15, 0.2) is 0 Å². The second-order valence-electron chi connectivity index (χ2n) is 9.31. The lowest BCUT2D eigenvalue weighted by molar-refractivity contribution is 0.0526. The van der Waals surface area contributed by atoms with Crippen LogP contribution < -0.4 is 5.32 Å². The lowest BCUT2D eigenvalue weighted by atomic mass is 9.88. The first-order valence-corrected chi connectivity index (χ1v) is 13.3. The zero-order chi connectivity index (χ0) is 25.4. The van der Waals surface area contributed by atoms with Gasteiger partial charge in [-0.15, -0.1) is 11.3 Å². The molecule has 0 aliphatic heterocycles. The Kier molecular flexibility index (Phi) is 6.82. The molecule has 0 saturated heterocycles. The van der Waals surface area contributed by atoms with E-state index in [1.54, 1.807) is 25.1 Å². The zero-order valence-corrected chi connectivity index (χ0v) is 22.1. The van der Waals surface area contributed by atoms with Crippen molar-refractivity contribution >= 4 is 50.7 Å². The molecule has 1 aliphatic carbocycles. The Bertz CT molecular complexity index is 1480. The largest absolute Gasteiger partial charge is 0.462 e. The van der Waals surface area contributed by atoms with Crippen LogP contribution in [0.4, 0.5) is 5.00 Å². The molecule has 184 valence electrons. The Morgan fingerprint density at radius 1 is 1.17 bits per heavy atom. The molecule has 1 aliphatic rings. The average Bonchev–Trinajstić information content (AvgIpc) is 3.20. The summed E-state index contributed by atoms with van der Waals surface area (Å²) in [5, 5.41) is 5.02. The van der Waals surface area contributed by atoms with Crippen molar-refractivity contribution in [3.63, 3.8) is 0 Å². The van der Waals surface area contributed by atoms with Gasteiger partial charge in [-0.1, -0.05) is 42.3 Å². The summed E-state index contributed by atoms with van der Waals surface area (Å²) in [7, 11) is 0. The van der Waals surface area contributed by atoms with Crippen molar-refractivity contribution in [3.8, 4) is 11.3 Å². The van der Waals surface area contributed by atoms with E-state index in [1.807, 2.05) is 37.3 Å². The molecule has 2 aromatic heterocycles. The summed E-state index contributed by atoms with van der Waals surface area (Å²) >= 11 is 7.57. The van der Waals surface area contributed by atoms with E-state index >= 15 is 0 Å². The van der Waals surface area contributed by atoms with Gasteiger partial charge < -0.3 is 10.1 Å². The molecule has 1 N–H and O–H groups in total. The second-order valence-corrected chi connectivity index (χ2v) is 10.9. The van der Waals surface area contributed by atoms with E-state index in [9.17, 15) is 9.59 Å². The van der Waals surface area contributed by atoms with Gasteiger partial charge in [-0.25, -0.2) is 9.78 Å². The molecule has 36 heavy (non-hydrogen) atoms. The van der Waals surface area contributed by atoms with Crippen LogP contribution in [-0.2, 0) is 17.6 Å². The number of aromatic nitrogens is 1. The maximum atomic E-state index is 13.8. The van der Waals surface area contributed by atoms with Crippen molar-refractivity contribution < 1.29 is 14.3 Å². The Morgan fingerprint density at radius 2 is 1.94 bits per heavy atom. The van der Waals surface area contributed by atoms with Crippen LogP contribution in [0.25, 0.3) is 22.2 Å². The number of aryl methyl sites for hydroxylation is 1. The number of amides is 1. The molecule has 2 aromatic carbocycles. The van der Waals surface area contributed by atoms with Crippen molar-refractivity contribution in [1.82, 2.24) is 4.98 Å². The fourth-order valence-corrected chi connectivity index (χ4v) is 6.24. The van der Waals surface area contributed by atoms with Crippen LogP contribution in [0.15, 0.2) is 48.5 Å². The number of rotatable bonds is 5. The molecule has 0 radical (unpaired) electrons. The Hall–Kier alpha value is -3.22. The number of benzene rings is 2. The number of carbonyl (C=O) groups is 2. The van der Waals surface area contributed by atoms with E-state index in [2.05, 4.69) is 12.2 Å². The highest BCUT2D eigenvalue weighted by Gasteiger charge is 2.29. The van der Waals surface area contributed by atoms with E-state index in [1.165, 1.54) is 11.3 Å². The number of pyridine rings is 1. The number of anilines is 1. The number of fused-ring (bicyclic) bond motifs is 2. The fraction of sp³-hybridized carbons (Fsp3) is 0.276. The second kappa shape index (κ2) is 10.0. The Morgan fingerprint density at radius 3 is 2.69 bits per heavy atom. The third-order valence-corrected chi connectivity index (χ3v) is 7.99. The summed E-state index contributed by atoms with van der Waals surface area (Å²) in [5.41, 5.74) is 5.33. The molecule has 4 aromatic rings. The Labute approximate surface area is 219 Å². The first-order chi connectivity index (χ1) is 17.3. The summed E-state index contributed by atoms with van der Waals surface area (Å²) < 4.78 is 5.38. The third-order valence-electron chi connectivity index (χ3n) is 6.57. The average molecular weight is 519 g/mol. The summed E-state index contributed by atoms with van der Waals surface area (Å²) in [6, 6.07) is 15.1. The molecule has 5 nitrogen and oxygen atoms in total. The molecule has 0 spiro atoms. The normalized spacial score (nSPS) is 14.9. The van der Waals surface area contributed by atoms with E-state index < -0.39 is 0 Å². The number of carbonyl (C=O) groups excluding carboxylic acids is 2. The summed E-state index contributed by atoms with van der Waals surface area (Å²) in [6.45, 7) is 6.28. The number of nitrogens with one attached hydrogen (secondary N) is 1. The molecule has 0 bridgehead atoms. The number of nitrogens with zero attached hydrogens (tertiary/aromatic N) is 1. The Balaban J connectivity index is 1.59. The molecule has 1 amide bonds. The van der Waals surface area contributed by atoms with Crippen molar-refractivity contribution in [1.29, 1.82) is 0 Å². The number of ether oxygens (including phenoxy) is 1. The van der Waals surface area contributed by atoms with Crippen LogP contribution in [-0.4, -0.2) is 23.5 Å². The molecular formula is C29H27ClN2O3S. The van der Waals surface area contributed by atoms with Gasteiger partial charge in [0, 0.05) is 20.8 Å². The topological polar surface area (TPSA) is 68.3 Å². The van der Waals surface area contributed by atoms with Crippen molar-refractivity contribution in [2.45, 2.75) is 40.0 Å². The van der Waals surface area contributed by atoms with Gasteiger partial charge in [0.25, 0.3) is 5.91 Å². The van der Waals surface area contributed by atoms with Crippen LogP contribution in [0.3, 0.4) is 0 Å². The van der Waals surface area contributed by atoms with E-state index in [0.29, 0.717) is 32.8 Å². The standard InChI is InChI=1S/C29H27ClN2O3S/c1-4-35-29(34)26-20-11-5-17(3)14-25(20)36-28(26)32-27(33)22-15-24(18-7-9-19(30)10-8-18)31-23-12-6-16(2)13-21(22)23/h6-10,12-13,15,17H,4-5,11,14H2,1-3H3,(H,32,33). The maximum Gasteiger partial charge on any atom is 0.341 e. The van der Waals surface area contributed by atoms with Crippen molar-refractivity contribution in [3.05, 3.63) is 80.7 Å². The van der Waals surface area contributed by atoms with E-state index in [0.717, 1.165) is 51.7 Å². The number of halogens is 1. The van der Waals surface area contributed by atoms with Gasteiger partial charge in [0.05, 0.1) is 28.9 Å². The van der Waals surface area contributed by atoms with E-state index in [-0.39, 0.29) is 18.5 Å². The van der Waals surface area contributed by atoms with Gasteiger partial charge >= 0.3 is 5.97 Å². The molecule has 2 heterocycles. The van der Waals surface area contributed by atoms with Crippen molar-refractivity contribution in [2.75, 3.05) is 11.9 Å². The predicted octanol–water partition coefficient (Wildman–Crippen LogP) is 7.48. The number of esters is 1. The molecular weight excluding hydrogens is 492 g/mol. The highest BCUT2D eigenvalue weighted by Crippen LogP contribution is 2.40. The molecule has 1 atom stereocenters. The van der Waals surface area contributed by atoms with Gasteiger partial charge in [-0.05, 0) is 74.9 Å². The van der Waals surface area contributed by atoms with Crippen LogP contribution in [0, 0.1) is 12.8 Å². The lowest BCUT2D eigenvalue weighted by Gasteiger charge is -2.18. The summed E-state index contributed by atoms with van der Waals surface area (Å²) in [4.78, 5) is 32.7. The third kappa shape index (κ3) is 4.75.